The molecule has 0 radical (unpaired) electrons. The van der Waals surface area contributed by atoms with E-state index in [4.69, 9.17) is 4.74 Å². The molecule has 0 bridgehead atoms. The quantitative estimate of drug-likeness (QED) is 0.726. The highest BCUT2D eigenvalue weighted by Gasteiger charge is 2.04. The molecule has 5 nitrogen and oxygen atoms in total. The maximum absolute atomic E-state index is 12.3. The number of hydrogen-bond acceptors (Lipinski definition) is 4. The van der Waals surface area contributed by atoms with Gasteiger partial charge in [-0.3, -0.25) is 4.79 Å². The third-order valence-corrected chi connectivity index (χ3v) is 3.10. The maximum Gasteiger partial charge on any atom is 0.274 e. The van der Waals surface area contributed by atoms with E-state index in [2.05, 4.69) is 10.1 Å². The Bertz CT molecular complexity index is 794. The summed E-state index contributed by atoms with van der Waals surface area (Å²) in [5.74, 6) is 0.549. The molecule has 0 aliphatic carbocycles. The van der Waals surface area contributed by atoms with Gasteiger partial charge in [-0.25, -0.2) is 9.67 Å². The molecule has 100 valence electrons. The Hall–Kier alpha value is -2.69. The van der Waals surface area contributed by atoms with E-state index in [9.17, 15) is 4.79 Å². The van der Waals surface area contributed by atoms with Crippen LogP contribution in [0.1, 0.15) is 5.56 Å². The van der Waals surface area contributed by atoms with Crippen LogP contribution in [-0.4, -0.2) is 21.9 Å². The van der Waals surface area contributed by atoms with E-state index in [-0.39, 0.29) is 5.56 Å². The van der Waals surface area contributed by atoms with E-state index in [1.54, 1.807) is 25.6 Å². The molecule has 2 heterocycles. The van der Waals surface area contributed by atoms with Gasteiger partial charge < -0.3 is 4.74 Å². The summed E-state index contributed by atoms with van der Waals surface area (Å²) in [4.78, 5) is 16.4. The van der Waals surface area contributed by atoms with Gasteiger partial charge in [0, 0.05) is 17.6 Å². The van der Waals surface area contributed by atoms with Gasteiger partial charge in [0.2, 0.25) is 5.88 Å². The van der Waals surface area contributed by atoms with Crippen molar-refractivity contribution in [1.82, 2.24) is 14.8 Å². The second-order valence-corrected chi connectivity index (χ2v) is 4.40. The highest BCUT2D eigenvalue weighted by molar-refractivity contribution is 5.80. The van der Waals surface area contributed by atoms with Crippen molar-refractivity contribution in [3.8, 4) is 5.88 Å². The van der Waals surface area contributed by atoms with E-state index < -0.39 is 0 Å². The highest BCUT2D eigenvalue weighted by atomic mass is 16.5. The van der Waals surface area contributed by atoms with Gasteiger partial charge in [0.15, 0.2) is 0 Å². The predicted octanol–water partition coefficient (Wildman–Crippen LogP) is 1.85. The summed E-state index contributed by atoms with van der Waals surface area (Å²) >= 11 is 0. The van der Waals surface area contributed by atoms with Crippen molar-refractivity contribution < 1.29 is 4.74 Å². The van der Waals surface area contributed by atoms with Crippen LogP contribution in [0.15, 0.2) is 53.6 Å². The lowest BCUT2D eigenvalue weighted by atomic mass is 10.2. The first-order valence-electron chi connectivity index (χ1n) is 6.22. The van der Waals surface area contributed by atoms with Crippen LogP contribution in [0.2, 0.25) is 0 Å². The lowest BCUT2D eigenvalue weighted by Gasteiger charge is -2.06. The number of nitrogens with zero attached hydrogens (tertiary/aromatic N) is 3. The molecule has 0 N–H and O–H groups in total. The Morgan fingerprint density at radius 3 is 2.75 bits per heavy atom. The largest absolute Gasteiger partial charge is 0.481 e. The smallest absolute Gasteiger partial charge is 0.274 e. The summed E-state index contributed by atoms with van der Waals surface area (Å²) in [7, 11) is 1.57. The molecule has 0 unspecified atom stereocenters. The van der Waals surface area contributed by atoms with Crippen LogP contribution in [-0.2, 0) is 6.54 Å². The first kappa shape index (κ1) is 12.3. The molecule has 0 spiro atoms. The van der Waals surface area contributed by atoms with Crippen molar-refractivity contribution in [3.63, 3.8) is 0 Å². The second kappa shape index (κ2) is 5.13. The molecule has 0 aliphatic rings. The third kappa shape index (κ3) is 2.25. The molecule has 3 rings (SSSR count). The lowest BCUT2D eigenvalue weighted by Crippen LogP contribution is -2.23. The molecule has 0 saturated carbocycles. The van der Waals surface area contributed by atoms with Crippen LogP contribution in [0.5, 0.6) is 5.88 Å². The van der Waals surface area contributed by atoms with Gasteiger partial charge in [0.25, 0.3) is 5.56 Å². The highest BCUT2D eigenvalue weighted by Crippen LogP contribution is 2.09. The molecular formula is C15H13N3O2. The normalized spacial score (nSPS) is 10.7. The monoisotopic (exact) mass is 267 g/mol. The van der Waals surface area contributed by atoms with Crippen molar-refractivity contribution in [2.24, 2.45) is 0 Å². The molecule has 0 fully saturated rings. The lowest BCUT2D eigenvalue weighted by molar-refractivity contribution is 0.397. The van der Waals surface area contributed by atoms with Crippen LogP contribution in [0, 0.1) is 0 Å². The van der Waals surface area contributed by atoms with E-state index in [1.807, 2.05) is 30.3 Å². The molecular weight excluding hydrogens is 254 g/mol. The number of pyridine rings is 1. The molecule has 5 heteroatoms. The predicted molar refractivity (Wildman–Crippen MR) is 75.9 cm³/mol. The summed E-state index contributed by atoms with van der Waals surface area (Å²) in [6, 6.07) is 11.1. The van der Waals surface area contributed by atoms with Crippen molar-refractivity contribution in [1.29, 1.82) is 0 Å². The molecule has 2 aromatic heterocycles. The Morgan fingerprint density at radius 2 is 2.00 bits per heavy atom. The van der Waals surface area contributed by atoms with E-state index in [0.29, 0.717) is 17.8 Å². The Morgan fingerprint density at radius 1 is 1.15 bits per heavy atom. The van der Waals surface area contributed by atoms with Gasteiger partial charge in [0.1, 0.15) is 0 Å². The Kier molecular flexibility index (Phi) is 3.16. The minimum atomic E-state index is -0.0982. The van der Waals surface area contributed by atoms with E-state index >= 15 is 0 Å². The number of aromatic nitrogens is 3. The molecule has 0 atom stereocenters. The average Bonchev–Trinajstić information content (AvgIpc) is 2.51. The first-order chi connectivity index (χ1) is 9.78. The average molecular weight is 267 g/mol. The molecule has 0 amide bonds. The van der Waals surface area contributed by atoms with Crippen LogP contribution in [0.4, 0.5) is 0 Å². The molecule has 0 saturated heterocycles. The van der Waals surface area contributed by atoms with Gasteiger partial charge in [-0.1, -0.05) is 24.3 Å². The van der Waals surface area contributed by atoms with Crippen molar-refractivity contribution in [2.75, 3.05) is 7.11 Å². The van der Waals surface area contributed by atoms with Crippen molar-refractivity contribution >= 4 is 10.8 Å². The topological polar surface area (TPSA) is 57.0 Å². The van der Waals surface area contributed by atoms with E-state index in [0.717, 1.165) is 10.9 Å². The molecule has 20 heavy (non-hydrogen) atoms. The van der Waals surface area contributed by atoms with Crippen LogP contribution in [0.3, 0.4) is 0 Å². The van der Waals surface area contributed by atoms with E-state index in [1.165, 1.54) is 4.68 Å². The standard InChI is InChI=1S/C15H13N3O2/c1-20-14-7-6-11(8-16-14)10-18-15(19)13-5-3-2-4-12(13)9-17-18/h2-9H,10H2,1H3. The van der Waals surface area contributed by atoms with Gasteiger partial charge in [-0.05, 0) is 11.6 Å². The van der Waals surface area contributed by atoms with Gasteiger partial charge in [0.05, 0.1) is 25.2 Å². The number of benzene rings is 1. The molecule has 1 aromatic carbocycles. The third-order valence-electron chi connectivity index (χ3n) is 3.10. The van der Waals surface area contributed by atoms with Gasteiger partial charge in [-0.2, -0.15) is 5.10 Å². The minimum Gasteiger partial charge on any atom is -0.481 e. The summed E-state index contributed by atoms with van der Waals surface area (Å²) in [6.45, 7) is 0.390. The number of ether oxygens (including phenoxy) is 1. The zero-order valence-corrected chi connectivity index (χ0v) is 11.0. The van der Waals surface area contributed by atoms with Crippen LogP contribution < -0.4 is 10.3 Å². The fourth-order valence-corrected chi connectivity index (χ4v) is 2.04. The number of methoxy groups -OCH3 is 1. The van der Waals surface area contributed by atoms with Gasteiger partial charge >= 0.3 is 0 Å². The molecule has 3 aromatic rings. The Balaban J connectivity index is 1.98. The fraction of sp³-hybridized carbons (Fsp3) is 0.133. The second-order valence-electron chi connectivity index (χ2n) is 4.40. The SMILES string of the molecule is COc1ccc(Cn2ncc3ccccc3c2=O)cn1. The zero-order chi connectivity index (χ0) is 13.9. The fourth-order valence-electron chi connectivity index (χ4n) is 2.04. The number of rotatable bonds is 3. The van der Waals surface area contributed by atoms with Crippen molar-refractivity contribution in [3.05, 3.63) is 64.7 Å². The first-order valence-corrected chi connectivity index (χ1v) is 6.22. The Labute approximate surface area is 115 Å². The van der Waals surface area contributed by atoms with Gasteiger partial charge in [-0.15, -0.1) is 0 Å². The van der Waals surface area contributed by atoms with Crippen LogP contribution >= 0.6 is 0 Å². The summed E-state index contributed by atoms with van der Waals surface area (Å²) in [6.07, 6.45) is 3.38. The summed E-state index contributed by atoms with van der Waals surface area (Å²) in [5, 5.41) is 5.71. The number of hydrogen-bond donors (Lipinski definition) is 0. The van der Waals surface area contributed by atoms with Crippen LogP contribution in [0.25, 0.3) is 10.8 Å². The zero-order valence-electron chi connectivity index (χ0n) is 11.0. The summed E-state index contributed by atoms with van der Waals surface area (Å²) < 4.78 is 6.44. The minimum absolute atomic E-state index is 0.0982. The van der Waals surface area contributed by atoms with Crippen molar-refractivity contribution in [2.45, 2.75) is 6.54 Å². The number of fused-ring (bicyclic) bond motifs is 1. The summed E-state index contributed by atoms with van der Waals surface area (Å²) in [5.41, 5.74) is 0.801. The molecule has 0 aliphatic heterocycles. The maximum atomic E-state index is 12.3.